The summed E-state index contributed by atoms with van der Waals surface area (Å²) in [4.78, 5) is 14.4. The average molecular weight is 319 g/mol. The number of hydrogen-bond donors (Lipinski definition) is 1. The van der Waals surface area contributed by atoms with Crippen LogP contribution in [0.25, 0.3) is 0 Å². The van der Waals surface area contributed by atoms with Crippen molar-refractivity contribution in [1.29, 1.82) is 5.26 Å². The topological polar surface area (TPSA) is 56.1 Å². The van der Waals surface area contributed by atoms with Gasteiger partial charge >= 0.3 is 0 Å². The molecule has 0 bridgehead atoms. The van der Waals surface area contributed by atoms with Crippen LogP contribution in [0.2, 0.25) is 0 Å². The third-order valence-electron chi connectivity index (χ3n) is 4.65. The smallest absolute Gasteiger partial charge is 0.225 e. The molecule has 1 aliphatic carbocycles. The summed E-state index contributed by atoms with van der Waals surface area (Å²) in [5, 5.41) is 11.9. The Morgan fingerprint density at radius 3 is 2.83 bits per heavy atom. The van der Waals surface area contributed by atoms with Crippen molar-refractivity contribution in [3.63, 3.8) is 0 Å². The minimum atomic E-state index is -0.0594. The molecule has 1 aliphatic rings. The highest BCUT2D eigenvalue weighted by atomic mass is 16.1. The molecule has 3 rings (SSSR count). The van der Waals surface area contributed by atoms with Crippen molar-refractivity contribution in [2.45, 2.75) is 25.3 Å². The fourth-order valence-corrected chi connectivity index (χ4v) is 3.33. The van der Waals surface area contributed by atoms with Crippen molar-refractivity contribution in [3.8, 4) is 6.07 Å². The van der Waals surface area contributed by atoms with Gasteiger partial charge in [0, 0.05) is 19.0 Å². The lowest BCUT2D eigenvalue weighted by Crippen LogP contribution is -2.27. The second-order valence-electron chi connectivity index (χ2n) is 6.19. The Morgan fingerprint density at radius 1 is 1.25 bits per heavy atom. The predicted molar refractivity (Wildman–Crippen MR) is 94.5 cm³/mol. The first-order valence-electron chi connectivity index (χ1n) is 8.26. The lowest BCUT2D eigenvalue weighted by Gasteiger charge is -2.25. The van der Waals surface area contributed by atoms with Crippen molar-refractivity contribution >= 4 is 11.6 Å². The van der Waals surface area contributed by atoms with Gasteiger partial charge in [0.1, 0.15) is 6.07 Å². The third-order valence-corrected chi connectivity index (χ3v) is 4.65. The van der Waals surface area contributed by atoms with Gasteiger partial charge in [-0.1, -0.05) is 36.4 Å². The zero-order valence-electron chi connectivity index (χ0n) is 13.8. The zero-order valence-corrected chi connectivity index (χ0v) is 13.8. The number of anilines is 1. The van der Waals surface area contributed by atoms with Crippen LogP contribution in [0.1, 0.15) is 35.6 Å². The van der Waals surface area contributed by atoms with Gasteiger partial charge in [0.15, 0.2) is 0 Å². The Morgan fingerprint density at radius 2 is 2.00 bits per heavy atom. The summed E-state index contributed by atoms with van der Waals surface area (Å²) in [7, 11) is 2.07. The van der Waals surface area contributed by atoms with Crippen LogP contribution in [0.3, 0.4) is 0 Å². The van der Waals surface area contributed by atoms with Gasteiger partial charge in [-0.05, 0) is 43.1 Å². The van der Waals surface area contributed by atoms with Gasteiger partial charge in [0.2, 0.25) is 5.91 Å². The average Bonchev–Trinajstić information content (AvgIpc) is 3.04. The van der Waals surface area contributed by atoms with Crippen molar-refractivity contribution in [1.82, 2.24) is 4.90 Å². The quantitative estimate of drug-likeness (QED) is 0.917. The summed E-state index contributed by atoms with van der Waals surface area (Å²) in [5.41, 5.74) is 3.87. The number of aryl methyl sites for hydroxylation is 1. The van der Waals surface area contributed by atoms with Crippen molar-refractivity contribution < 1.29 is 4.79 Å². The summed E-state index contributed by atoms with van der Waals surface area (Å²) in [6, 6.07) is 18.1. The molecule has 2 aromatic rings. The molecule has 1 amide bonds. The number of hydrogen-bond acceptors (Lipinski definition) is 3. The van der Waals surface area contributed by atoms with Gasteiger partial charge in [-0.25, -0.2) is 0 Å². The van der Waals surface area contributed by atoms with E-state index in [4.69, 9.17) is 5.26 Å². The second-order valence-corrected chi connectivity index (χ2v) is 6.19. The maximum Gasteiger partial charge on any atom is 0.225 e. The van der Waals surface area contributed by atoms with E-state index in [-0.39, 0.29) is 5.91 Å². The van der Waals surface area contributed by atoms with E-state index in [0.29, 0.717) is 30.3 Å². The number of nitrogens with one attached hydrogen (secondary N) is 1. The van der Waals surface area contributed by atoms with Crippen molar-refractivity contribution in [3.05, 3.63) is 65.2 Å². The highest BCUT2D eigenvalue weighted by molar-refractivity contribution is 5.92. The fraction of sp³-hybridized carbons (Fsp3) is 0.300. The molecular formula is C20H21N3O. The molecule has 0 saturated carbocycles. The molecule has 0 unspecified atom stereocenters. The first-order valence-corrected chi connectivity index (χ1v) is 8.26. The highest BCUT2D eigenvalue weighted by Crippen LogP contribution is 2.34. The number of fused-ring (bicyclic) bond motifs is 1. The number of nitrogens with zero attached hydrogens (tertiary/aromatic N) is 2. The molecule has 0 aliphatic heterocycles. The van der Waals surface area contributed by atoms with Gasteiger partial charge in [0.05, 0.1) is 11.3 Å². The van der Waals surface area contributed by atoms with Crippen LogP contribution >= 0.6 is 0 Å². The molecule has 4 nitrogen and oxygen atoms in total. The van der Waals surface area contributed by atoms with Crippen LogP contribution in [0, 0.1) is 11.3 Å². The number of carbonyl (C=O) groups excluding carboxylic acids is 1. The van der Waals surface area contributed by atoms with E-state index in [0.717, 1.165) is 12.8 Å². The fourth-order valence-electron chi connectivity index (χ4n) is 3.33. The van der Waals surface area contributed by atoms with Crippen LogP contribution in [-0.4, -0.2) is 24.4 Å². The SMILES string of the molecule is CN(CCC(=O)Nc1ccccc1C#N)[C@H]1CCc2ccccc21. The van der Waals surface area contributed by atoms with E-state index in [1.54, 1.807) is 18.2 Å². The van der Waals surface area contributed by atoms with E-state index in [2.05, 4.69) is 47.6 Å². The number of amides is 1. The molecule has 4 heteroatoms. The van der Waals surface area contributed by atoms with Gasteiger partial charge < -0.3 is 5.32 Å². The third kappa shape index (κ3) is 3.47. The van der Waals surface area contributed by atoms with Gasteiger partial charge in [-0.2, -0.15) is 5.26 Å². The van der Waals surface area contributed by atoms with Crippen LogP contribution in [-0.2, 0) is 11.2 Å². The maximum absolute atomic E-state index is 12.2. The largest absolute Gasteiger partial charge is 0.325 e. The lowest BCUT2D eigenvalue weighted by molar-refractivity contribution is -0.116. The van der Waals surface area contributed by atoms with Crippen LogP contribution in [0.4, 0.5) is 5.69 Å². The lowest BCUT2D eigenvalue weighted by atomic mass is 10.1. The molecule has 24 heavy (non-hydrogen) atoms. The second kappa shape index (κ2) is 7.29. The molecule has 0 radical (unpaired) electrons. The van der Waals surface area contributed by atoms with E-state index < -0.39 is 0 Å². The van der Waals surface area contributed by atoms with E-state index >= 15 is 0 Å². The minimum Gasteiger partial charge on any atom is -0.325 e. The summed E-state index contributed by atoms with van der Waals surface area (Å²) in [6.45, 7) is 0.694. The number of para-hydroxylation sites is 1. The molecule has 0 fully saturated rings. The predicted octanol–water partition coefficient (Wildman–Crippen LogP) is 3.51. The number of nitriles is 1. The first kappa shape index (κ1) is 16.2. The summed E-state index contributed by atoms with van der Waals surface area (Å²) in [5.74, 6) is -0.0594. The Bertz CT molecular complexity index is 778. The molecule has 1 atom stereocenters. The molecule has 122 valence electrons. The highest BCUT2D eigenvalue weighted by Gasteiger charge is 2.25. The maximum atomic E-state index is 12.2. The molecule has 0 spiro atoms. The number of rotatable bonds is 5. The van der Waals surface area contributed by atoms with Gasteiger partial charge in [-0.15, -0.1) is 0 Å². The Labute approximate surface area is 142 Å². The van der Waals surface area contributed by atoms with Crippen LogP contribution in [0.5, 0.6) is 0 Å². The van der Waals surface area contributed by atoms with Crippen LogP contribution < -0.4 is 5.32 Å². The minimum absolute atomic E-state index is 0.0594. The standard InChI is InChI=1S/C20H21N3O/c1-23(19-11-10-15-6-2-4-8-17(15)19)13-12-20(24)22-18-9-5-3-7-16(18)14-21/h2-9,19H,10-13H2,1H3,(H,22,24)/t19-/m0/s1. The number of benzene rings is 2. The molecular weight excluding hydrogens is 298 g/mol. The van der Waals surface area contributed by atoms with E-state index in [9.17, 15) is 4.79 Å². The molecule has 0 heterocycles. The summed E-state index contributed by atoms with van der Waals surface area (Å²) < 4.78 is 0. The number of carbonyl (C=O) groups is 1. The van der Waals surface area contributed by atoms with Gasteiger partial charge in [0.25, 0.3) is 0 Å². The summed E-state index contributed by atoms with van der Waals surface area (Å²) >= 11 is 0. The molecule has 0 saturated heterocycles. The van der Waals surface area contributed by atoms with E-state index in [1.165, 1.54) is 11.1 Å². The normalized spacial score (nSPS) is 15.8. The van der Waals surface area contributed by atoms with Crippen LogP contribution in [0.15, 0.2) is 48.5 Å². The van der Waals surface area contributed by atoms with Gasteiger partial charge in [-0.3, -0.25) is 9.69 Å². The Kier molecular flexibility index (Phi) is 4.93. The van der Waals surface area contributed by atoms with E-state index in [1.807, 2.05) is 6.07 Å². The summed E-state index contributed by atoms with van der Waals surface area (Å²) in [6.07, 6.45) is 2.62. The van der Waals surface area contributed by atoms with Crippen molar-refractivity contribution in [2.75, 3.05) is 18.9 Å². The molecule has 1 N–H and O–H groups in total. The molecule has 0 aromatic heterocycles. The Balaban J connectivity index is 1.56. The zero-order chi connectivity index (χ0) is 16.9. The van der Waals surface area contributed by atoms with Crippen molar-refractivity contribution in [2.24, 2.45) is 0 Å². The first-order chi connectivity index (χ1) is 11.7. The monoisotopic (exact) mass is 319 g/mol. The molecule has 2 aromatic carbocycles. The Hall–Kier alpha value is -2.64.